The van der Waals surface area contributed by atoms with Gasteiger partial charge in [0.2, 0.25) is 11.8 Å². The number of nitrogens with zero attached hydrogens (tertiary/aromatic N) is 1. The summed E-state index contributed by atoms with van der Waals surface area (Å²) < 4.78 is 0. The molecule has 0 aliphatic carbocycles. The van der Waals surface area contributed by atoms with Crippen molar-refractivity contribution in [3.63, 3.8) is 0 Å². The summed E-state index contributed by atoms with van der Waals surface area (Å²) in [4.78, 5) is 27.7. The van der Waals surface area contributed by atoms with Gasteiger partial charge in [-0.15, -0.1) is 0 Å². The molecule has 3 aromatic carbocycles. The second kappa shape index (κ2) is 9.29. The molecule has 0 fully saturated rings. The van der Waals surface area contributed by atoms with Gasteiger partial charge in [-0.2, -0.15) is 0 Å². The largest absolute Gasteiger partial charge is 0.346 e. The molecule has 3 aromatic rings. The van der Waals surface area contributed by atoms with E-state index >= 15 is 0 Å². The van der Waals surface area contributed by atoms with E-state index in [1.165, 1.54) is 0 Å². The number of carbonyl (C=O) groups is 2. The first-order chi connectivity index (χ1) is 15.4. The van der Waals surface area contributed by atoms with Crippen molar-refractivity contribution in [3.05, 3.63) is 102 Å². The van der Waals surface area contributed by atoms with Crippen LogP contribution < -0.4 is 10.2 Å². The van der Waals surface area contributed by atoms with Crippen LogP contribution in [0.3, 0.4) is 0 Å². The summed E-state index contributed by atoms with van der Waals surface area (Å²) >= 11 is 3.61. The van der Waals surface area contributed by atoms with E-state index in [9.17, 15) is 9.59 Å². The topological polar surface area (TPSA) is 49.4 Å². The predicted octanol–water partition coefficient (Wildman–Crippen LogP) is 5.37. The number of hydrogen-bond acceptors (Lipinski definition) is 2. The Morgan fingerprint density at radius 1 is 0.969 bits per heavy atom. The number of hydrogen-bond donors (Lipinski definition) is 1. The minimum absolute atomic E-state index is 0.0320. The molecule has 1 aliphatic rings. The number of amides is 2. The summed E-state index contributed by atoms with van der Waals surface area (Å²) in [5.74, 6) is -0.224. The fourth-order valence-corrected chi connectivity index (χ4v) is 4.99. The van der Waals surface area contributed by atoms with Crippen LogP contribution >= 0.6 is 15.9 Å². The molecule has 0 saturated heterocycles. The molecule has 1 N–H and O–H groups in total. The summed E-state index contributed by atoms with van der Waals surface area (Å²) in [7, 11) is 0. The fraction of sp³-hybridized carbons (Fsp3) is 0.259. The summed E-state index contributed by atoms with van der Waals surface area (Å²) in [6.45, 7) is 3.91. The minimum atomic E-state index is -0.548. The van der Waals surface area contributed by atoms with Crippen LogP contribution in [0, 0.1) is 0 Å². The quantitative estimate of drug-likeness (QED) is 0.488. The standard InChI is InChI=1S/C27H27BrN2O2/c1-27(2,20-13-7-4-8-14-20)29-25(31)18-30-24-16-10-9-15-21(24)22(17-23(28)26(30)32)19-11-5-3-6-12-19/h3-16,22-23H,17-18H2,1-2H3,(H,29,31)/t22-,23+/m1/s1. The maximum Gasteiger partial charge on any atom is 0.241 e. The molecule has 1 heterocycles. The van der Waals surface area contributed by atoms with Gasteiger partial charge in [-0.05, 0) is 43.0 Å². The van der Waals surface area contributed by atoms with E-state index in [4.69, 9.17) is 0 Å². The maximum atomic E-state index is 13.4. The Bertz CT molecular complexity index is 1100. The number of nitrogens with one attached hydrogen (secondary N) is 1. The molecule has 32 heavy (non-hydrogen) atoms. The van der Waals surface area contributed by atoms with Gasteiger partial charge in [0.05, 0.1) is 10.4 Å². The second-order valence-electron chi connectivity index (χ2n) is 8.69. The summed E-state index contributed by atoms with van der Waals surface area (Å²) in [6.07, 6.45) is 0.632. The first-order valence-corrected chi connectivity index (χ1v) is 11.7. The Kier molecular flexibility index (Phi) is 6.47. The molecule has 0 unspecified atom stereocenters. The van der Waals surface area contributed by atoms with Crippen molar-refractivity contribution in [2.45, 2.75) is 36.6 Å². The normalized spacial score (nSPS) is 18.6. The molecule has 4 rings (SSSR count). The maximum absolute atomic E-state index is 13.4. The molecule has 0 bridgehead atoms. The summed E-state index contributed by atoms with van der Waals surface area (Å²) in [5, 5.41) is 3.10. The third-order valence-corrected chi connectivity index (χ3v) is 6.80. The molecule has 0 spiro atoms. The van der Waals surface area contributed by atoms with Gasteiger partial charge in [0, 0.05) is 11.6 Å². The Morgan fingerprint density at radius 2 is 1.56 bits per heavy atom. The average Bonchev–Trinajstić information content (AvgIpc) is 2.90. The first kappa shape index (κ1) is 22.3. The lowest BCUT2D eigenvalue weighted by molar-refractivity contribution is -0.124. The number of benzene rings is 3. The molecule has 164 valence electrons. The summed E-state index contributed by atoms with van der Waals surface area (Å²) in [6, 6.07) is 28.0. The van der Waals surface area contributed by atoms with Gasteiger partial charge in [0.15, 0.2) is 0 Å². The van der Waals surface area contributed by atoms with Gasteiger partial charge >= 0.3 is 0 Å². The Morgan fingerprint density at radius 3 is 2.25 bits per heavy atom. The highest BCUT2D eigenvalue weighted by Crippen LogP contribution is 2.40. The molecular formula is C27H27BrN2O2. The molecule has 0 radical (unpaired) electrons. The zero-order valence-electron chi connectivity index (χ0n) is 18.3. The SMILES string of the molecule is CC(C)(NC(=O)CN1C(=O)[C@@H](Br)C[C@H](c2ccccc2)c2ccccc21)c1ccccc1. The van der Waals surface area contributed by atoms with E-state index in [-0.39, 0.29) is 29.1 Å². The van der Waals surface area contributed by atoms with Crippen molar-refractivity contribution in [2.75, 3.05) is 11.4 Å². The highest BCUT2D eigenvalue weighted by Gasteiger charge is 2.35. The number of fused-ring (bicyclic) bond motifs is 1. The van der Waals surface area contributed by atoms with Crippen molar-refractivity contribution in [2.24, 2.45) is 0 Å². The molecule has 4 nitrogen and oxygen atoms in total. The number of alkyl halides is 1. The molecule has 5 heteroatoms. The van der Waals surface area contributed by atoms with Crippen LogP contribution in [0.1, 0.15) is 42.9 Å². The lowest BCUT2D eigenvalue weighted by atomic mass is 9.87. The summed E-state index contributed by atoms with van der Waals surface area (Å²) in [5.41, 5.74) is 3.48. The van der Waals surface area contributed by atoms with Crippen LogP contribution in [0.5, 0.6) is 0 Å². The van der Waals surface area contributed by atoms with E-state index in [0.717, 1.165) is 22.4 Å². The van der Waals surface area contributed by atoms with E-state index < -0.39 is 5.54 Å². The average molecular weight is 491 g/mol. The predicted molar refractivity (Wildman–Crippen MR) is 132 cm³/mol. The smallest absolute Gasteiger partial charge is 0.241 e. The number of carbonyl (C=O) groups excluding carboxylic acids is 2. The van der Waals surface area contributed by atoms with E-state index in [1.54, 1.807) is 4.90 Å². The first-order valence-electron chi connectivity index (χ1n) is 10.8. The Labute approximate surface area is 197 Å². The van der Waals surface area contributed by atoms with E-state index in [1.807, 2.05) is 80.6 Å². The highest BCUT2D eigenvalue weighted by molar-refractivity contribution is 9.10. The van der Waals surface area contributed by atoms with Crippen LogP contribution in [-0.4, -0.2) is 23.2 Å². The van der Waals surface area contributed by atoms with Crippen LogP contribution in [0.25, 0.3) is 0 Å². The Hall–Kier alpha value is -2.92. The van der Waals surface area contributed by atoms with Crippen LogP contribution in [0.4, 0.5) is 5.69 Å². The zero-order chi connectivity index (χ0) is 22.7. The van der Waals surface area contributed by atoms with Crippen molar-refractivity contribution in [1.82, 2.24) is 5.32 Å². The molecule has 0 saturated carbocycles. The molecule has 1 aliphatic heterocycles. The van der Waals surface area contributed by atoms with E-state index in [0.29, 0.717) is 6.42 Å². The van der Waals surface area contributed by atoms with Gasteiger partial charge < -0.3 is 10.2 Å². The molecular weight excluding hydrogens is 464 g/mol. The number of anilines is 1. The third-order valence-electron chi connectivity index (χ3n) is 6.03. The minimum Gasteiger partial charge on any atom is -0.346 e. The Balaban J connectivity index is 1.64. The monoisotopic (exact) mass is 490 g/mol. The van der Waals surface area contributed by atoms with Crippen molar-refractivity contribution < 1.29 is 9.59 Å². The van der Waals surface area contributed by atoms with E-state index in [2.05, 4.69) is 39.4 Å². The zero-order valence-corrected chi connectivity index (χ0v) is 19.9. The third kappa shape index (κ3) is 4.63. The number of halogens is 1. The molecule has 2 atom stereocenters. The van der Waals surface area contributed by atoms with Crippen LogP contribution in [0.15, 0.2) is 84.9 Å². The number of rotatable bonds is 5. The van der Waals surface area contributed by atoms with Gasteiger partial charge in [0.25, 0.3) is 0 Å². The van der Waals surface area contributed by atoms with Crippen molar-refractivity contribution >= 4 is 33.4 Å². The van der Waals surface area contributed by atoms with Crippen LogP contribution in [0.2, 0.25) is 0 Å². The van der Waals surface area contributed by atoms with Gasteiger partial charge in [-0.3, -0.25) is 9.59 Å². The van der Waals surface area contributed by atoms with Crippen molar-refractivity contribution in [1.29, 1.82) is 0 Å². The lowest BCUT2D eigenvalue weighted by Gasteiger charge is -2.30. The van der Waals surface area contributed by atoms with Gasteiger partial charge in [-0.1, -0.05) is 94.8 Å². The second-order valence-corrected chi connectivity index (χ2v) is 9.79. The molecule has 2 amide bonds. The van der Waals surface area contributed by atoms with Crippen LogP contribution in [-0.2, 0) is 15.1 Å². The highest BCUT2D eigenvalue weighted by atomic mass is 79.9. The number of para-hydroxylation sites is 1. The van der Waals surface area contributed by atoms with Gasteiger partial charge in [-0.25, -0.2) is 0 Å². The lowest BCUT2D eigenvalue weighted by Crippen LogP contribution is -2.48. The van der Waals surface area contributed by atoms with Crippen molar-refractivity contribution in [3.8, 4) is 0 Å². The van der Waals surface area contributed by atoms with Gasteiger partial charge in [0.1, 0.15) is 6.54 Å². The fourth-order valence-electron chi connectivity index (χ4n) is 4.37. The molecule has 0 aromatic heterocycles.